The third-order valence-corrected chi connectivity index (χ3v) is 2.97. The van der Waals surface area contributed by atoms with Gasteiger partial charge < -0.3 is 0 Å². The van der Waals surface area contributed by atoms with E-state index in [2.05, 4.69) is 10.5 Å². The number of nitrogens with zero attached hydrogens (tertiary/aromatic N) is 1. The molecular weight excluding hydrogens is 327 g/mol. The average molecular weight is 335 g/mol. The van der Waals surface area contributed by atoms with Crippen molar-refractivity contribution in [2.24, 2.45) is 5.10 Å². The highest BCUT2D eigenvalue weighted by atomic mass is 35.5. The molecule has 0 radical (unpaired) electrons. The summed E-state index contributed by atoms with van der Waals surface area (Å²) in [5.74, 6) is -1.59. The minimum absolute atomic E-state index is 0.0183. The van der Waals surface area contributed by atoms with Crippen LogP contribution < -0.4 is 5.43 Å². The molecular formula is C14H8ClF5N2. The van der Waals surface area contributed by atoms with Gasteiger partial charge in [-0.2, -0.15) is 18.3 Å². The van der Waals surface area contributed by atoms with Crippen molar-refractivity contribution in [2.45, 2.75) is 6.18 Å². The van der Waals surface area contributed by atoms with E-state index in [1.807, 2.05) is 0 Å². The summed E-state index contributed by atoms with van der Waals surface area (Å²) < 4.78 is 63.8. The van der Waals surface area contributed by atoms with Crippen LogP contribution in [0.1, 0.15) is 11.1 Å². The molecule has 0 saturated heterocycles. The zero-order valence-electron chi connectivity index (χ0n) is 10.8. The zero-order chi connectivity index (χ0) is 16.3. The summed E-state index contributed by atoms with van der Waals surface area (Å²) >= 11 is 5.75. The number of hydrogen-bond acceptors (Lipinski definition) is 2. The topological polar surface area (TPSA) is 24.4 Å². The molecule has 0 aromatic heterocycles. The molecule has 2 aromatic rings. The van der Waals surface area contributed by atoms with Crippen LogP contribution in [0.3, 0.4) is 0 Å². The Labute approximate surface area is 127 Å². The Kier molecular flexibility index (Phi) is 4.65. The second-order valence-corrected chi connectivity index (χ2v) is 4.64. The molecule has 0 aliphatic heterocycles. The third-order valence-electron chi connectivity index (χ3n) is 2.64. The van der Waals surface area contributed by atoms with E-state index in [0.717, 1.165) is 36.5 Å². The van der Waals surface area contributed by atoms with E-state index in [9.17, 15) is 22.0 Å². The number of benzene rings is 2. The molecule has 0 spiro atoms. The first-order valence-electron chi connectivity index (χ1n) is 5.88. The highest BCUT2D eigenvalue weighted by Crippen LogP contribution is 2.33. The number of alkyl halides is 3. The van der Waals surface area contributed by atoms with Gasteiger partial charge in [-0.15, -0.1) is 0 Å². The molecule has 0 saturated carbocycles. The highest BCUT2D eigenvalue weighted by Gasteiger charge is 2.30. The van der Waals surface area contributed by atoms with Crippen molar-refractivity contribution in [3.63, 3.8) is 0 Å². The largest absolute Gasteiger partial charge is 0.416 e. The second kappa shape index (κ2) is 6.31. The summed E-state index contributed by atoms with van der Waals surface area (Å²) in [6, 6.07) is 5.52. The summed E-state index contributed by atoms with van der Waals surface area (Å²) in [6.45, 7) is 0. The Bertz CT molecular complexity index is 713. The third kappa shape index (κ3) is 3.94. The van der Waals surface area contributed by atoms with E-state index in [4.69, 9.17) is 11.6 Å². The number of rotatable bonds is 3. The fourth-order valence-corrected chi connectivity index (χ4v) is 1.72. The van der Waals surface area contributed by atoms with Gasteiger partial charge in [0, 0.05) is 11.6 Å². The Morgan fingerprint density at radius 2 is 1.77 bits per heavy atom. The van der Waals surface area contributed by atoms with Crippen LogP contribution in [0.15, 0.2) is 41.5 Å². The van der Waals surface area contributed by atoms with Gasteiger partial charge in [-0.25, -0.2) is 8.78 Å². The number of nitrogens with one attached hydrogen (secondary N) is 1. The molecule has 0 bridgehead atoms. The monoisotopic (exact) mass is 334 g/mol. The predicted molar refractivity (Wildman–Crippen MR) is 74.0 cm³/mol. The lowest BCUT2D eigenvalue weighted by molar-refractivity contribution is -0.137. The number of anilines is 1. The summed E-state index contributed by atoms with van der Waals surface area (Å²) in [7, 11) is 0. The Morgan fingerprint density at radius 1 is 1.05 bits per heavy atom. The number of hydrazone groups is 1. The predicted octanol–water partition coefficient (Wildman–Crippen LogP) is 5.08. The first-order valence-corrected chi connectivity index (χ1v) is 6.26. The minimum atomic E-state index is -4.52. The lowest BCUT2D eigenvalue weighted by Gasteiger charge is -2.09. The van der Waals surface area contributed by atoms with Gasteiger partial charge in [-0.3, -0.25) is 5.43 Å². The fraction of sp³-hybridized carbons (Fsp3) is 0.0714. The van der Waals surface area contributed by atoms with Crippen LogP contribution in [0.25, 0.3) is 0 Å². The SMILES string of the molecule is Fc1ccc(/C=N\Nc2cc(C(F)(F)F)ccc2Cl)c(F)c1. The molecule has 2 nitrogen and oxygen atoms in total. The summed E-state index contributed by atoms with van der Waals surface area (Å²) in [5, 5.41) is 3.62. The van der Waals surface area contributed by atoms with Crippen molar-refractivity contribution in [1.82, 2.24) is 0 Å². The van der Waals surface area contributed by atoms with Crippen molar-refractivity contribution < 1.29 is 22.0 Å². The van der Waals surface area contributed by atoms with Gasteiger partial charge in [-0.1, -0.05) is 11.6 Å². The van der Waals surface area contributed by atoms with Crippen molar-refractivity contribution in [3.05, 3.63) is 64.2 Å². The lowest BCUT2D eigenvalue weighted by atomic mass is 10.2. The molecule has 0 aliphatic rings. The van der Waals surface area contributed by atoms with Crippen LogP contribution in [0.4, 0.5) is 27.6 Å². The van der Waals surface area contributed by atoms with Crippen molar-refractivity contribution in [2.75, 3.05) is 5.43 Å². The first kappa shape index (κ1) is 16.2. The molecule has 1 N–H and O–H groups in total. The molecule has 2 rings (SSSR count). The molecule has 2 aromatic carbocycles. The molecule has 8 heteroatoms. The molecule has 0 amide bonds. The quantitative estimate of drug-likeness (QED) is 0.472. The lowest BCUT2D eigenvalue weighted by Crippen LogP contribution is -2.05. The summed E-state index contributed by atoms with van der Waals surface area (Å²) in [6.07, 6.45) is -3.51. The van der Waals surface area contributed by atoms with Crippen LogP contribution in [-0.4, -0.2) is 6.21 Å². The normalized spacial score (nSPS) is 11.9. The first-order chi connectivity index (χ1) is 10.3. The number of hydrogen-bond donors (Lipinski definition) is 1. The maximum Gasteiger partial charge on any atom is 0.416 e. The minimum Gasteiger partial charge on any atom is -0.277 e. The van der Waals surface area contributed by atoms with E-state index < -0.39 is 23.4 Å². The van der Waals surface area contributed by atoms with Crippen LogP contribution in [0.5, 0.6) is 0 Å². The van der Waals surface area contributed by atoms with Crippen LogP contribution >= 0.6 is 11.6 Å². The van der Waals surface area contributed by atoms with Crippen molar-refractivity contribution in [1.29, 1.82) is 0 Å². The average Bonchev–Trinajstić information content (AvgIpc) is 2.42. The zero-order valence-corrected chi connectivity index (χ0v) is 11.5. The van der Waals surface area contributed by atoms with E-state index in [0.29, 0.717) is 6.07 Å². The maximum atomic E-state index is 13.3. The van der Waals surface area contributed by atoms with E-state index in [1.54, 1.807) is 0 Å². The molecule has 0 heterocycles. The molecule has 116 valence electrons. The summed E-state index contributed by atoms with van der Waals surface area (Å²) in [5.41, 5.74) is 1.27. The molecule has 0 atom stereocenters. The molecule has 0 unspecified atom stereocenters. The molecule has 0 aliphatic carbocycles. The van der Waals surface area contributed by atoms with E-state index in [1.165, 1.54) is 0 Å². The van der Waals surface area contributed by atoms with Gasteiger partial charge in [0.1, 0.15) is 11.6 Å². The van der Waals surface area contributed by atoms with Gasteiger partial charge in [0.2, 0.25) is 0 Å². The Balaban J connectivity index is 2.19. The van der Waals surface area contributed by atoms with Gasteiger partial charge in [0.05, 0.1) is 22.5 Å². The smallest absolute Gasteiger partial charge is 0.277 e. The maximum absolute atomic E-state index is 13.3. The second-order valence-electron chi connectivity index (χ2n) is 4.23. The molecule has 0 fully saturated rings. The van der Waals surface area contributed by atoms with Gasteiger partial charge in [0.15, 0.2) is 0 Å². The Morgan fingerprint density at radius 3 is 2.41 bits per heavy atom. The van der Waals surface area contributed by atoms with Crippen molar-refractivity contribution >= 4 is 23.5 Å². The summed E-state index contributed by atoms with van der Waals surface area (Å²) in [4.78, 5) is 0. The van der Waals surface area contributed by atoms with Crippen LogP contribution in [-0.2, 0) is 6.18 Å². The Hall–Kier alpha value is -2.15. The fourth-order valence-electron chi connectivity index (χ4n) is 1.56. The van der Waals surface area contributed by atoms with Gasteiger partial charge >= 0.3 is 6.18 Å². The standard InChI is InChI=1S/C14H8ClF5N2/c15-11-4-2-9(14(18,19)20)5-13(11)22-21-7-8-1-3-10(16)6-12(8)17/h1-7,22H/b21-7-. The molecule has 22 heavy (non-hydrogen) atoms. The van der Waals surface area contributed by atoms with E-state index in [-0.39, 0.29) is 16.3 Å². The van der Waals surface area contributed by atoms with Crippen LogP contribution in [0.2, 0.25) is 5.02 Å². The highest BCUT2D eigenvalue weighted by molar-refractivity contribution is 6.33. The van der Waals surface area contributed by atoms with Gasteiger partial charge in [-0.05, 0) is 30.3 Å². The van der Waals surface area contributed by atoms with Gasteiger partial charge in [0.25, 0.3) is 0 Å². The van der Waals surface area contributed by atoms with E-state index >= 15 is 0 Å². The van der Waals surface area contributed by atoms with Crippen LogP contribution in [0, 0.1) is 11.6 Å². The van der Waals surface area contributed by atoms with Crippen molar-refractivity contribution in [3.8, 4) is 0 Å². The number of halogens is 6.